The molecule has 72 valence electrons. The van der Waals surface area contributed by atoms with Crippen LogP contribution in [0.25, 0.3) is 10.7 Å². The summed E-state index contributed by atoms with van der Waals surface area (Å²) in [7, 11) is 0. The average Bonchev–Trinajstić information content (AvgIpc) is 2.69. The molecule has 0 fully saturated rings. The van der Waals surface area contributed by atoms with Crippen LogP contribution in [0.3, 0.4) is 0 Å². The second-order valence-electron chi connectivity index (χ2n) is 2.49. The lowest BCUT2D eigenvalue weighted by molar-refractivity contribution is -0.307. The summed E-state index contributed by atoms with van der Waals surface area (Å²) in [5.41, 5.74) is 0. The molecular formula is C7H5N4O2S-. The topological polar surface area (TPSA) is 83.7 Å². The van der Waals surface area contributed by atoms with Gasteiger partial charge >= 0.3 is 0 Å². The third kappa shape index (κ3) is 1.77. The molecule has 2 rings (SSSR count). The molecule has 0 amide bonds. The number of tetrazole rings is 1. The van der Waals surface area contributed by atoms with Gasteiger partial charge < -0.3 is 9.90 Å². The van der Waals surface area contributed by atoms with Crippen molar-refractivity contribution >= 4 is 17.3 Å². The fourth-order valence-corrected chi connectivity index (χ4v) is 1.58. The highest BCUT2D eigenvalue weighted by atomic mass is 32.1. The molecular weight excluding hydrogens is 204 g/mol. The number of carbonyl (C=O) groups is 1. The van der Waals surface area contributed by atoms with Gasteiger partial charge in [0.15, 0.2) is 0 Å². The molecule has 0 aliphatic heterocycles. The molecule has 0 saturated heterocycles. The molecule has 0 atom stereocenters. The van der Waals surface area contributed by atoms with Crippen molar-refractivity contribution in [2.45, 2.75) is 6.54 Å². The molecule has 2 aromatic heterocycles. The minimum absolute atomic E-state index is 0.377. The summed E-state index contributed by atoms with van der Waals surface area (Å²) in [5, 5.41) is 23.3. The number of hydrogen-bond donors (Lipinski definition) is 0. The zero-order valence-corrected chi connectivity index (χ0v) is 7.77. The normalized spacial score (nSPS) is 10.3. The first-order valence-electron chi connectivity index (χ1n) is 3.77. The molecule has 2 heterocycles. The lowest BCUT2D eigenvalue weighted by atomic mass is 10.5. The van der Waals surface area contributed by atoms with Crippen molar-refractivity contribution in [3.63, 3.8) is 0 Å². The highest BCUT2D eigenvalue weighted by Gasteiger charge is 2.05. The van der Waals surface area contributed by atoms with Crippen molar-refractivity contribution in [1.82, 2.24) is 20.2 Å². The summed E-state index contributed by atoms with van der Waals surface area (Å²) in [6.45, 7) is -0.377. The molecule has 0 unspecified atom stereocenters. The van der Waals surface area contributed by atoms with Crippen LogP contribution in [0.4, 0.5) is 0 Å². The molecule has 0 bridgehead atoms. The number of carbonyl (C=O) groups excluding carboxylic acids is 1. The molecule has 0 aliphatic rings. The van der Waals surface area contributed by atoms with Gasteiger partial charge in [-0.1, -0.05) is 6.07 Å². The second-order valence-corrected chi connectivity index (χ2v) is 3.44. The molecule has 2 aromatic rings. The van der Waals surface area contributed by atoms with Gasteiger partial charge in [0.05, 0.1) is 10.8 Å². The Morgan fingerprint density at radius 3 is 3.14 bits per heavy atom. The van der Waals surface area contributed by atoms with Gasteiger partial charge in [-0.15, -0.1) is 21.5 Å². The van der Waals surface area contributed by atoms with E-state index in [2.05, 4.69) is 15.4 Å². The first-order chi connectivity index (χ1) is 6.75. The Labute approximate surface area is 82.8 Å². The smallest absolute Gasteiger partial charge is 0.214 e. The fraction of sp³-hybridized carbons (Fsp3) is 0.143. The SMILES string of the molecule is O=C([O-])Cn1nnc(-c2cccs2)n1. The van der Waals surface area contributed by atoms with Crippen molar-refractivity contribution in [2.24, 2.45) is 0 Å². The zero-order chi connectivity index (χ0) is 9.97. The van der Waals surface area contributed by atoms with E-state index in [1.807, 2.05) is 17.5 Å². The molecule has 0 aliphatic carbocycles. The van der Waals surface area contributed by atoms with Crippen LogP contribution in [0.2, 0.25) is 0 Å². The molecule has 0 spiro atoms. The number of hydrogen-bond acceptors (Lipinski definition) is 6. The van der Waals surface area contributed by atoms with Gasteiger partial charge in [-0.2, -0.15) is 4.80 Å². The maximum absolute atomic E-state index is 10.2. The number of rotatable bonds is 3. The molecule has 7 heteroatoms. The van der Waals surface area contributed by atoms with Gasteiger partial charge in [0.1, 0.15) is 6.54 Å². The first-order valence-corrected chi connectivity index (χ1v) is 4.65. The van der Waals surface area contributed by atoms with E-state index < -0.39 is 5.97 Å². The Morgan fingerprint density at radius 1 is 1.64 bits per heavy atom. The van der Waals surface area contributed by atoms with Crippen molar-refractivity contribution in [1.29, 1.82) is 0 Å². The van der Waals surface area contributed by atoms with E-state index in [0.717, 1.165) is 9.67 Å². The van der Waals surface area contributed by atoms with E-state index >= 15 is 0 Å². The number of carboxylic acid groups (broad SMARTS) is 1. The summed E-state index contributed by atoms with van der Waals surface area (Å²) < 4.78 is 0. The van der Waals surface area contributed by atoms with E-state index in [4.69, 9.17) is 0 Å². The second kappa shape index (κ2) is 3.54. The van der Waals surface area contributed by atoms with Gasteiger partial charge in [0.25, 0.3) is 0 Å². The van der Waals surface area contributed by atoms with Crippen molar-refractivity contribution < 1.29 is 9.90 Å². The Balaban J connectivity index is 2.22. The lowest BCUT2D eigenvalue weighted by Gasteiger charge is -1.96. The van der Waals surface area contributed by atoms with E-state index in [1.54, 1.807) is 0 Å². The monoisotopic (exact) mass is 209 g/mol. The highest BCUT2D eigenvalue weighted by molar-refractivity contribution is 7.13. The van der Waals surface area contributed by atoms with Crippen molar-refractivity contribution in [2.75, 3.05) is 0 Å². The van der Waals surface area contributed by atoms with Gasteiger partial charge in [0.2, 0.25) is 5.82 Å². The molecule has 0 saturated carbocycles. The summed E-state index contributed by atoms with van der Waals surface area (Å²) in [5.74, 6) is -0.804. The zero-order valence-electron chi connectivity index (χ0n) is 6.95. The van der Waals surface area contributed by atoms with Crippen LogP contribution in [-0.4, -0.2) is 26.2 Å². The molecule has 0 aromatic carbocycles. The van der Waals surface area contributed by atoms with E-state index in [0.29, 0.717) is 5.82 Å². The van der Waals surface area contributed by atoms with Crippen LogP contribution >= 0.6 is 11.3 Å². The summed E-state index contributed by atoms with van der Waals surface area (Å²) in [4.78, 5) is 12.1. The number of nitrogens with zero attached hydrogens (tertiary/aromatic N) is 4. The van der Waals surface area contributed by atoms with Crippen LogP contribution < -0.4 is 5.11 Å². The average molecular weight is 209 g/mol. The first kappa shape index (κ1) is 8.82. The summed E-state index contributed by atoms with van der Waals surface area (Å²) in [6, 6.07) is 3.70. The van der Waals surface area contributed by atoms with Crippen LogP contribution in [0.15, 0.2) is 17.5 Å². The Morgan fingerprint density at radius 2 is 2.50 bits per heavy atom. The number of carboxylic acids is 1. The molecule has 0 radical (unpaired) electrons. The summed E-state index contributed by atoms with van der Waals surface area (Å²) in [6.07, 6.45) is 0. The standard InChI is InChI=1S/C7H6N4O2S/c12-6(13)4-11-9-7(8-10-11)5-2-1-3-14-5/h1-3H,4H2,(H,12,13)/p-1. The lowest BCUT2D eigenvalue weighted by Crippen LogP contribution is -2.28. The fourth-order valence-electron chi connectivity index (χ4n) is 0.930. The number of aliphatic carboxylic acids is 1. The maximum atomic E-state index is 10.2. The predicted octanol–water partition coefficient (Wildman–Crippen LogP) is -0.849. The molecule has 0 N–H and O–H groups in total. The van der Waals surface area contributed by atoms with E-state index in [-0.39, 0.29) is 6.54 Å². The van der Waals surface area contributed by atoms with Crippen LogP contribution in [0, 0.1) is 0 Å². The Bertz CT molecular complexity index is 436. The van der Waals surface area contributed by atoms with Crippen LogP contribution in [0.1, 0.15) is 0 Å². The Hall–Kier alpha value is -1.76. The summed E-state index contributed by atoms with van der Waals surface area (Å²) >= 11 is 1.47. The van der Waals surface area contributed by atoms with Gasteiger partial charge in [0, 0.05) is 0 Å². The van der Waals surface area contributed by atoms with Gasteiger partial charge in [-0.25, -0.2) is 0 Å². The third-order valence-electron chi connectivity index (χ3n) is 1.46. The largest absolute Gasteiger partial charge is 0.548 e. The van der Waals surface area contributed by atoms with Gasteiger partial charge in [-0.05, 0) is 16.7 Å². The van der Waals surface area contributed by atoms with E-state index in [9.17, 15) is 9.90 Å². The quantitative estimate of drug-likeness (QED) is 0.657. The minimum Gasteiger partial charge on any atom is -0.548 e. The predicted molar refractivity (Wildman–Crippen MR) is 46.1 cm³/mol. The number of thiophene rings is 1. The van der Waals surface area contributed by atoms with Crippen molar-refractivity contribution in [3.8, 4) is 10.7 Å². The molecule has 6 nitrogen and oxygen atoms in total. The maximum Gasteiger partial charge on any atom is 0.214 e. The number of aromatic nitrogens is 4. The molecule has 14 heavy (non-hydrogen) atoms. The van der Waals surface area contributed by atoms with Crippen LogP contribution in [-0.2, 0) is 11.3 Å². The minimum atomic E-state index is -1.24. The van der Waals surface area contributed by atoms with Crippen molar-refractivity contribution in [3.05, 3.63) is 17.5 Å². The van der Waals surface area contributed by atoms with Crippen LogP contribution in [0.5, 0.6) is 0 Å². The highest BCUT2D eigenvalue weighted by Crippen LogP contribution is 2.19. The van der Waals surface area contributed by atoms with Gasteiger partial charge in [-0.3, -0.25) is 0 Å². The third-order valence-corrected chi connectivity index (χ3v) is 2.33. The Kier molecular flexibility index (Phi) is 2.23. The van der Waals surface area contributed by atoms with E-state index in [1.165, 1.54) is 11.3 Å².